The number of carbonyl (C=O) groups excluding carboxylic acids is 1. The van der Waals surface area contributed by atoms with E-state index < -0.39 is 5.54 Å². The summed E-state index contributed by atoms with van der Waals surface area (Å²) in [5.41, 5.74) is 9.43. The number of halogens is 1. The smallest absolute Gasteiger partial charge is 0.242 e. The first kappa shape index (κ1) is 21.3. The van der Waals surface area contributed by atoms with Crippen LogP contribution >= 0.6 is 0 Å². The Bertz CT molecular complexity index is 989. The Labute approximate surface area is 189 Å². The van der Waals surface area contributed by atoms with Crippen molar-refractivity contribution in [2.24, 2.45) is 16.1 Å². The molecule has 32 heavy (non-hydrogen) atoms. The van der Waals surface area contributed by atoms with E-state index in [0.29, 0.717) is 5.92 Å². The Morgan fingerprint density at radius 3 is 2.34 bits per heavy atom. The Morgan fingerprint density at radius 2 is 1.72 bits per heavy atom. The lowest BCUT2D eigenvalue weighted by molar-refractivity contribution is -0.142. The maximum atomic E-state index is 13.4. The second-order valence-corrected chi connectivity index (χ2v) is 10.1. The van der Waals surface area contributed by atoms with E-state index in [9.17, 15) is 9.18 Å². The lowest BCUT2D eigenvalue weighted by atomic mass is 9.72. The van der Waals surface area contributed by atoms with Crippen molar-refractivity contribution >= 4 is 11.6 Å². The second kappa shape index (κ2) is 8.43. The number of carbonyl (C=O) groups is 1. The number of nitrogens with two attached hydrogens (primary N) is 1. The summed E-state index contributed by atoms with van der Waals surface area (Å²) >= 11 is 0. The Morgan fingerprint density at radius 1 is 1.03 bits per heavy atom. The third kappa shape index (κ3) is 4.36. The van der Waals surface area contributed by atoms with Crippen molar-refractivity contribution in [1.29, 1.82) is 0 Å². The van der Waals surface area contributed by atoms with Gasteiger partial charge >= 0.3 is 0 Å². The van der Waals surface area contributed by atoms with Crippen molar-refractivity contribution in [2.45, 2.75) is 56.4 Å². The minimum Gasteiger partial charge on any atom is -0.341 e. The highest BCUT2D eigenvalue weighted by atomic mass is 19.1. The van der Waals surface area contributed by atoms with Crippen LogP contribution in [0.1, 0.15) is 55.6 Å². The van der Waals surface area contributed by atoms with Crippen LogP contribution in [0, 0.1) is 11.2 Å². The molecule has 2 saturated carbocycles. The van der Waals surface area contributed by atoms with Crippen LogP contribution in [-0.2, 0) is 11.2 Å². The summed E-state index contributed by atoms with van der Waals surface area (Å²) in [6.45, 7) is 2.22. The van der Waals surface area contributed by atoms with Gasteiger partial charge < -0.3 is 10.6 Å². The first-order chi connectivity index (χ1) is 15.5. The molecule has 2 aliphatic carbocycles. The van der Waals surface area contributed by atoms with Gasteiger partial charge in [-0.3, -0.25) is 9.79 Å². The molecule has 3 fully saturated rings. The predicted octanol–water partition coefficient (Wildman–Crippen LogP) is 4.49. The minimum atomic E-state index is -0.631. The number of likely N-dealkylation sites (tertiary alicyclic amines) is 1. The number of piperidine rings is 1. The van der Waals surface area contributed by atoms with E-state index in [-0.39, 0.29) is 17.1 Å². The fourth-order valence-electron chi connectivity index (χ4n) is 5.29. The van der Waals surface area contributed by atoms with Gasteiger partial charge in [-0.25, -0.2) is 4.39 Å². The molecule has 1 heterocycles. The molecule has 1 aliphatic heterocycles. The summed E-state index contributed by atoms with van der Waals surface area (Å²) in [6.07, 6.45) is 6.35. The molecule has 0 aromatic heterocycles. The number of benzene rings is 2. The van der Waals surface area contributed by atoms with Gasteiger partial charge in [-0.05, 0) is 73.6 Å². The lowest BCUT2D eigenvalue weighted by Gasteiger charge is -2.46. The molecule has 1 amide bonds. The molecular weight excluding hydrogens is 401 g/mol. The van der Waals surface area contributed by atoms with Gasteiger partial charge in [0.15, 0.2) is 0 Å². The Hall–Kier alpha value is -2.53. The highest BCUT2D eigenvalue weighted by Gasteiger charge is 2.45. The van der Waals surface area contributed by atoms with Gasteiger partial charge in [0.1, 0.15) is 5.82 Å². The number of nitrogens with zero attached hydrogens (tertiary/aromatic N) is 2. The number of hydrogen-bond donors (Lipinski definition) is 1. The molecule has 0 bridgehead atoms. The third-order valence-corrected chi connectivity index (χ3v) is 7.75. The molecule has 1 saturated heterocycles. The number of rotatable bonds is 6. The zero-order chi connectivity index (χ0) is 22.2. The van der Waals surface area contributed by atoms with Crippen LogP contribution in [0.2, 0.25) is 0 Å². The summed E-state index contributed by atoms with van der Waals surface area (Å²) in [5.74, 6) is 0.370. The van der Waals surface area contributed by atoms with E-state index in [1.54, 1.807) is 0 Å². The fraction of sp³-hybridized carbons (Fsp3) is 0.481. The van der Waals surface area contributed by atoms with Crippen LogP contribution < -0.4 is 5.73 Å². The first-order valence-electron chi connectivity index (χ1n) is 11.9. The van der Waals surface area contributed by atoms with Crippen LogP contribution in [0.25, 0.3) is 0 Å². The van der Waals surface area contributed by atoms with Gasteiger partial charge in [0.25, 0.3) is 0 Å². The molecule has 1 atom stereocenters. The van der Waals surface area contributed by atoms with E-state index in [1.165, 1.54) is 23.4 Å². The van der Waals surface area contributed by atoms with Crippen molar-refractivity contribution in [2.75, 3.05) is 19.6 Å². The molecular formula is C27H32FN3O. The number of aliphatic imine (C=N–C) groups is 1. The van der Waals surface area contributed by atoms with Gasteiger partial charge in [0.2, 0.25) is 5.91 Å². The SMILES string of the molecule is NC1(C(=O)N2CCC(CN=C3CC3c3ccccc3)(Cc3ccc(F)cc3)CC2)CCC1. The summed E-state index contributed by atoms with van der Waals surface area (Å²) in [6, 6.07) is 17.4. The molecule has 0 radical (unpaired) electrons. The summed E-state index contributed by atoms with van der Waals surface area (Å²) in [5, 5.41) is 0. The van der Waals surface area contributed by atoms with Crippen molar-refractivity contribution in [1.82, 2.24) is 4.90 Å². The van der Waals surface area contributed by atoms with Crippen molar-refractivity contribution < 1.29 is 9.18 Å². The topological polar surface area (TPSA) is 58.7 Å². The predicted molar refractivity (Wildman–Crippen MR) is 125 cm³/mol. The van der Waals surface area contributed by atoms with Crippen LogP contribution in [0.3, 0.4) is 0 Å². The van der Waals surface area contributed by atoms with Gasteiger partial charge in [-0.15, -0.1) is 0 Å². The molecule has 2 aromatic rings. The summed E-state index contributed by atoms with van der Waals surface area (Å²) < 4.78 is 13.4. The average Bonchev–Trinajstić information content (AvgIpc) is 3.58. The van der Waals surface area contributed by atoms with Gasteiger partial charge in [-0.2, -0.15) is 0 Å². The number of hydrogen-bond acceptors (Lipinski definition) is 3. The lowest BCUT2D eigenvalue weighted by Crippen LogP contribution is -2.61. The summed E-state index contributed by atoms with van der Waals surface area (Å²) in [4.78, 5) is 20.0. The third-order valence-electron chi connectivity index (χ3n) is 7.75. The van der Waals surface area contributed by atoms with E-state index >= 15 is 0 Å². The summed E-state index contributed by atoms with van der Waals surface area (Å²) in [7, 11) is 0. The molecule has 3 aliphatic rings. The van der Waals surface area contributed by atoms with E-state index in [4.69, 9.17) is 10.7 Å². The molecule has 5 rings (SSSR count). The van der Waals surface area contributed by atoms with Crippen molar-refractivity contribution in [3.05, 3.63) is 71.5 Å². The largest absolute Gasteiger partial charge is 0.341 e. The minimum absolute atomic E-state index is 0.00713. The standard InChI is InChI=1S/C27H32FN3O/c28-22-9-7-20(8-10-22)18-26(19-30-24-17-23(24)21-5-2-1-3-6-21)13-15-31(16-14-26)25(32)27(29)11-4-12-27/h1-3,5-10,23H,4,11-19,29H2. The monoisotopic (exact) mass is 433 g/mol. The molecule has 2 N–H and O–H groups in total. The first-order valence-corrected chi connectivity index (χ1v) is 11.9. The Balaban J connectivity index is 1.29. The van der Waals surface area contributed by atoms with Crippen LogP contribution in [0.4, 0.5) is 4.39 Å². The normalized spacial score (nSPS) is 24.8. The zero-order valence-electron chi connectivity index (χ0n) is 18.6. The molecule has 4 nitrogen and oxygen atoms in total. The fourth-order valence-corrected chi connectivity index (χ4v) is 5.29. The quantitative estimate of drug-likeness (QED) is 0.730. The van der Waals surface area contributed by atoms with Crippen molar-refractivity contribution in [3.8, 4) is 0 Å². The van der Waals surface area contributed by atoms with Crippen LogP contribution in [0.5, 0.6) is 0 Å². The van der Waals surface area contributed by atoms with Gasteiger partial charge in [0, 0.05) is 31.3 Å². The van der Waals surface area contributed by atoms with Crippen molar-refractivity contribution in [3.63, 3.8) is 0 Å². The maximum Gasteiger partial charge on any atom is 0.242 e. The van der Waals surface area contributed by atoms with E-state index in [2.05, 4.69) is 24.3 Å². The molecule has 5 heteroatoms. The molecule has 2 aromatic carbocycles. The van der Waals surface area contributed by atoms with Gasteiger partial charge in [0.05, 0.1) is 5.54 Å². The molecule has 0 spiro atoms. The average molecular weight is 434 g/mol. The molecule has 1 unspecified atom stereocenters. The van der Waals surface area contributed by atoms with E-state index in [1.807, 2.05) is 23.1 Å². The van der Waals surface area contributed by atoms with Gasteiger partial charge in [-0.1, -0.05) is 42.5 Å². The zero-order valence-corrected chi connectivity index (χ0v) is 18.6. The highest BCUT2D eigenvalue weighted by molar-refractivity contribution is 6.05. The number of amides is 1. The maximum absolute atomic E-state index is 13.4. The Kier molecular flexibility index (Phi) is 5.62. The van der Waals surface area contributed by atoms with Crippen LogP contribution in [0.15, 0.2) is 59.6 Å². The highest BCUT2D eigenvalue weighted by Crippen LogP contribution is 2.41. The molecule has 168 valence electrons. The van der Waals surface area contributed by atoms with E-state index in [0.717, 1.165) is 70.1 Å². The second-order valence-electron chi connectivity index (χ2n) is 10.1. The van der Waals surface area contributed by atoms with Crippen LogP contribution in [-0.4, -0.2) is 41.7 Å².